The molecule has 0 aliphatic rings. The van der Waals surface area contributed by atoms with Gasteiger partial charge in [-0.2, -0.15) is 0 Å². The second kappa shape index (κ2) is 14.9. The van der Waals surface area contributed by atoms with Gasteiger partial charge < -0.3 is 10.1 Å². The number of nitrogens with one attached hydrogen (secondary N) is 2. The van der Waals surface area contributed by atoms with Gasteiger partial charge in [-0.15, -0.1) is 0 Å². The number of nitrogens with zero attached hydrogens (tertiary/aromatic N) is 1. The molecule has 0 radical (unpaired) electrons. The Kier molecular flexibility index (Phi) is 10.8. The van der Waals surface area contributed by atoms with Gasteiger partial charge in [-0.1, -0.05) is 108 Å². The number of hydroxylamine groups is 2. The minimum absolute atomic E-state index is 0.0346. The molecule has 42 heavy (non-hydrogen) atoms. The highest BCUT2D eigenvalue weighted by Crippen LogP contribution is 2.25. The van der Waals surface area contributed by atoms with E-state index in [1.165, 1.54) is 17.6 Å². The second-order valence-corrected chi connectivity index (χ2v) is 11.0. The summed E-state index contributed by atoms with van der Waals surface area (Å²) in [4.78, 5) is 30.6. The summed E-state index contributed by atoms with van der Waals surface area (Å²) in [5.41, 5.74) is 4.66. The minimum atomic E-state index is -4.43. The van der Waals surface area contributed by atoms with Gasteiger partial charge in [-0.05, 0) is 40.8 Å². The van der Waals surface area contributed by atoms with E-state index in [0.29, 0.717) is 10.0 Å². The van der Waals surface area contributed by atoms with Crippen LogP contribution in [0.5, 0.6) is 0 Å². The van der Waals surface area contributed by atoms with E-state index >= 15 is 0 Å². The Morgan fingerprint density at radius 3 is 1.83 bits per heavy atom. The Bertz CT molecular complexity index is 1540. The first-order valence-electron chi connectivity index (χ1n) is 13.1. The summed E-state index contributed by atoms with van der Waals surface area (Å²) in [6.07, 6.45) is -0.985. The molecule has 4 aromatic rings. The molecule has 0 saturated heterocycles. The molecule has 4 aromatic carbocycles. The highest BCUT2D eigenvalue weighted by atomic mass is 32.2. The molecule has 0 aromatic heterocycles. The summed E-state index contributed by atoms with van der Waals surface area (Å²) in [6.45, 7) is -0.295. The minimum Gasteiger partial charge on any atom is -0.445 e. The van der Waals surface area contributed by atoms with Crippen molar-refractivity contribution in [2.45, 2.75) is 30.6 Å². The van der Waals surface area contributed by atoms with Crippen LogP contribution in [0.1, 0.15) is 17.5 Å². The standard InChI is InChI=1S/C31H31N3O7S/c35-30(33-37)29(20-21-32-31(36)40-22-24-10-4-1-5-11-24)34(41-23-25-12-6-2-7-13-25)42(38,39)28-18-16-27(17-19-28)26-14-8-3-9-15-26/h1-19,29,37H,20-23H2,(H,32,36)(H,33,35)/t29-/m1/s1. The van der Waals surface area contributed by atoms with Gasteiger partial charge in [0, 0.05) is 6.54 Å². The lowest BCUT2D eigenvalue weighted by molar-refractivity contribution is -0.158. The Balaban J connectivity index is 1.53. The fourth-order valence-electron chi connectivity index (χ4n) is 4.08. The van der Waals surface area contributed by atoms with E-state index < -0.39 is 28.1 Å². The molecule has 218 valence electrons. The van der Waals surface area contributed by atoms with Crippen LogP contribution in [0.4, 0.5) is 4.79 Å². The zero-order valence-corrected chi connectivity index (χ0v) is 23.4. The molecule has 0 aliphatic heterocycles. The third-order valence-electron chi connectivity index (χ3n) is 6.26. The van der Waals surface area contributed by atoms with Crippen molar-refractivity contribution in [2.75, 3.05) is 6.54 Å². The SMILES string of the molecule is O=C(NCC[C@H](C(=O)NO)N(OCc1ccccc1)S(=O)(=O)c1ccc(-c2ccccc2)cc1)OCc1ccccc1. The van der Waals surface area contributed by atoms with E-state index in [0.717, 1.165) is 16.7 Å². The number of hydrogen-bond donors (Lipinski definition) is 3. The first kappa shape index (κ1) is 30.4. The molecule has 10 nitrogen and oxygen atoms in total. The van der Waals surface area contributed by atoms with Gasteiger partial charge in [0.25, 0.3) is 15.9 Å². The summed E-state index contributed by atoms with van der Waals surface area (Å²) in [5.74, 6) is -1.04. The van der Waals surface area contributed by atoms with E-state index in [9.17, 15) is 23.2 Å². The topological polar surface area (TPSA) is 134 Å². The molecule has 0 heterocycles. The van der Waals surface area contributed by atoms with Gasteiger partial charge in [-0.25, -0.2) is 18.7 Å². The molecule has 0 unspecified atom stereocenters. The van der Waals surface area contributed by atoms with Crippen molar-refractivity contribution in [1.82, 2.24) is 15.3 Å². The Labute approximate surface area is 244 Å². The lowest BCUT2D eigenvalue weighted by atomic mass is 10.1. The molecule has 0 fully saturated rings. The molecular formula is C31H31N3O7S. The first-order chi connectivity index (χ1) is 20.4. The number of alkyl carbamates (subject to hydrolysis) is 1. The number of carbonyl (C=O) groups excluding carboxylic acids is 2. The van der Waals surface area contributed by atoms with Crippen LogP contribution in [0.15, 0.2) is 120 Å². The third kappa shape index (κ3) is 8.24. The van der Waals surface area contributed by atoms with Gasteiger partial charge in [-0.3, -0.25) is 14.8 Å². The molecule has 1 atom stereocenters. The maximum atomic E-state index is 13.8. The van der Waals surface area contributed by atoms with Gasteiger partial charge in [0.05, 0.1) is 11.5 Å². The summed E-state index contributed by atoms with van der Waals surface area (Å²) < 4.78 is 33.4. The average molecular weight is 590 g/mol. The fourth-order valence-corrected chi connectivity index (χ4v) is 5.50. The molecule has 2 amide bonds. The van der Waals surface area contributed by atoms with Crippen molar-refractivity contribution < 1.29 is 32.8 Å². The van der Waals surface area contributed by atoms with Crippen LogP contribution in [0, 0.1) is 0 Å². The summed E-state index contributed by atoms with van der Waals surface area (Å²) >= 11 is 0. The van der Waals surface area contributed by atoms with Gasteiger partial charge in [0.15, 0.2) is 0 Å². The highest BCUT2D eigenvalue weighted by molar-refractivity contribution is 7.89. The average Bonchev–Trinajstić information content (AvgIpc) is 3.04. The van der Waals surface area contributed by atoms with Crippen LogP contribution in [0.3, 0.4) is 0 Å². The summed E-state index contributed by atoms with van der Waals surface area (Å²) in [5, 5.41) is 12.0. The van der Waals surface area contributed by atoms with Gasteiger partial charge in [0.1, 0.15) is 12.6 Å². The van der Waals surface area contributed by atoms with Gasteiger partial charge in [0.2, 0.25) is 0 Å². The van der Waals surface area contributed by atoms with E-state index in [1.807, 2.05) is 48.5 Å². The van der Waals surface area contributed by atoms with Crippen LogP contribution in [0.2, 0.25) is 0 Å². The molecule has 0 spiro atoms. The monoisotopic (exact) mass is 589 g/mol. The molecule has 11 heteroatoms. The lowest BCUT2D eigenvalue weighted by Gasteiger charge is -2.28. The highest BCUT2D eigenvalue weighted by Gasteiger charge is 2.37. The summed E-state index contributed by atoms with van der Waals surface area (Å²) in [6, 6.07) is 31.9. The number of hydrogen-bond acceptors (Lipinski definition) is 7. The number of rotatable bonds is 13. The fraction of sp³-hybridized carbons (Fsp3) is 0.161. The third-order valence-corrected chi connectivity index (χ3v) is 7.97. The van der Waals surface area contributed by atoms with Crippen molar-refractivity contribution in [3.05, 3.63) is 126 Å². The molecule has 0 aliphatic carbocycles. The van der Waals surface area contributed by atoms with Crippen LogP contribution >= 0.6 is 0 Å². The van der Waals surface area contributed by atoms with Crippen molar-refractivity contribution >= 4 is 22.0 Å². The van der Waals surface area contributed by atoms with Crippen molar-refractivity contribution in [1.29, 1.82) is 0 Å². The molecule has 0 saturated carbocycles. The van der Waals surface area contributed by atoms with Crippen LogP contribution in [0.25, 0.3) is 11.1 Å². The summed E-state index contributed by atoms with van der Waals surface area (Å²) in [7, 11) is -4.43. The predicted molar refractivity (Wildman–Crippen MR) is 155 cm³/mol. The van der Waals surface area contributed by atoms with Crippen molar-refractivity contribution in [3.63, 3.8) is 0 Å². The number of benzene rings is 4. The van der Waals surface area contributed by atoms with E-state index in [4.69, 9.17) is 9.57 Å². The zero-order valence-electron chi connectivity index (χ0n) is 22.6. The number of carbonyl (C=O) groups is 2. The predicted octanol–water partition coefficient (Wildman–Crippen LogP) is 4.67. The Morgan fingerprint density at radius 1 is 0.738 bits per heavy atom. The smallest absolute Gasteiger partial charge is 0.407 e. The second-order valence-electron chi connectivity index (χ2n) is 9.18. The van der Waals surface area contributed by atoms with E-state index in [-0.39, 0.29) is 31.1 Å². The maximum absolute atomic E-state index is 13.8. The lowest BCUT2D eigenvalue weighted by Crippen LogP contribution is -2.50. The number of amides is 2. The van der Waals surface area contributed by atoms with Crippen LogP contribution in [-0.2, 0) is 37.6 Å². The van der Waals surface area contributed by atoms with Crippen LogP contribution < -0.4 is 10.8 Å². The normalized spacial score (nSPS) is 12.0. The quantitative estimate of drug-likeness (QED) is 0.152. The largest absolute Gasteiger partial charge is 0.445 e. The Morgan fingerprint density at radius 2 is 1.26 bits per heavy atom. The van der Waals surface area contributed by atoms with Crippen molar-refractivity contribution in [3.8, 4) is 11.1 Å². The number of ether oxygens (including phenoxy) is 1. The number of sulfonamides is 1. The molecule has 0 bridgehead atoms. The molecule has 3 N–H and O–H groups in total. The van der Waals surface area contributed by atoms with E-state index in [2.05, 4.69) is 5.32 Å². The van der Waals surface area contributed by atoms with Gasteiger partial charge >= 0.3 is 6.09 Å². The zero-order chi connectivity index (χ0) is 29.8. The first-order valence-corrected chi connectivity index (χ1v) is 14.6. The molecular weight excluding hydrogens is 558 g/mol. The maximum Gasteiger partial charge on any atom is 0.407 e. The van der Waals surface area contributed by atoms with Crippen LogP contribution in [-0.4, -0.2) is 42.7 Å². The Hall–Kier alpha value is -4.55. The van der Waals surface area contributed by atoms with E-state index in [1.54, 1.807) is 54.6 Å². The van der Waals surface area contributed by atoms with Crippen molar-refractivity contribution in [2.24, 2.45) is 0 Å². The molecule has 4 rings (SSSR count).